The van der Waals surface area contributed by atoms with Crippen molar-refractivity contribution in [2.24, 2.45) is 5.92 Å². The summed E-state index contributed by atoms with van der Waals surface area (Å²) in [4.78, 5) is 16.6. The van der Waals surface area contributed by atoms with Gasteiger partial charge in [0.05, 0.1) is 12.8 Å². The predicted molar refractivity (Wildman–Crippen MR) is 115 cm³/mol. The van der Waals surface area contributed by atoms with Crippen LogP contribution < -0.4 is 10.0 Å². The number of urea groups is 1. The lowest BCUT2D eigenvalue weighted by Gasteiger charge is -2.27. The van der Waals surface area contributed by atoms with Crippen LogP contribution in [0.25, 0.3) is 0 Å². The lowest BCUT2D eigenvalue weighted by Crippen LogP contribution is -2.34. The van der Waals surface area contributed by atoms with Gasteiger partial charge in [-0.25, -0.2) is 23.5 Å². The van der Waals surface area contributed by atoms with Gasteiger partial charge >= 0.3 is 6.03 Å². The molecule has 2 aliphatic rings. The van der Waals surface area contributed by atoms with Gasteiger partial charge in [-0.3, -0.25) is 0 Å². The zero-order chi connectivity index (χ0) is 21.7. The van der Waals surface area contributed by atoms with Crippen LogP contribution in [-0.4, -0.2) is 32.0 Å². The Hall–Kier alpha value is -2.01. The van der Waals surface area contributed by atoms with Crippen molar-refractivity contribution in [3.8, 4) is 0 Å². The minimum atomic E-state index is -3.67. The van der Waals surface area contributed by atoms with Crippen LogP contribution in [0, 0.1) is 10.7 Å². The molecule has 2 unspecified atom stereocenters. The highest BCUT2D eigenvalue weighted by atomic mass is 32.2. The van der Waals surface area contributed by atoms with E-state index in [1.807, 2.05) is 0 Å². The molecule has 1 saturated carbocycles. The molecular formula is C20H26N4O4S2. The molecule has 8 nitrogen and oxygen atoms in total. The molecule has 2 amide bonds. The number of hydrogen-bond donors (Lipinski definition) is 5. The number of hydrogen-bond acceptors (Lipinski definition) is 7. The number of carbonyl (C=O) groups excluding carboxylic acids is 1. The van der Waals surface area contributed by atoms with Crippen LogP contribution in [0.5, 0.6) is 0 Å². The topological polar surface area (TPSA) is 135 Å². The maximum Gasteiger partial charge on any atom is 0.331 e. The Balaban J connectivity index is 1.53. The van der Waals surface area contributed by atoms with Gasteiger partial charge in [-0.15, -0.1) is 11.3 Å². The summed E-state index contributed by atoms with van der Waals surface area (Å²) in [6, 6.07) is 3.49. The first-order valence-corrected chi connectivity index (χ1v) is 12.3. The molecule has 2 aliphatic carbocycles. The van der Waals surface area contributed by atoms with Crippen LogP contribution in [0.2, 0.25) is 0 Å². The van der Waals surface area contributed by atoms with Crippen molar-refractivity contribution < 1.29 is 19.2 Å². The van der Waals surface area contributed by atoms with E-state index in [2.05, 4.69) is 34.1 Å². The number of aliphatic hydroxyl groups is 2. The average molecular weight is 451 g/mol. The number of thiazole rings is 1. The van der Waals surface area contributed by atoms with Gasteiger partial charge in [-0.2, -0.15) is 0 Å². The molecule has 0 saturated heterocycles. The minimum Gasteiger partial charge on any atom is -0.393 e. The number of aryl methyl sites for hydroxylation is 1. The number of amides is 2. The summed E-state index contributed by atoms with van der Waals surface area (Å²) in [5.74, 6) is 0.957. The highest BCUT2D eigenvalue weighted by Gasteiger charge is 2.33. The molecule has 1 fully saturated rings. The fraction of sp³-hybridized carbons (Fsp3) is 0.500. The molecule has 2 aromatic rings. The summed E-state index contributed by atoms with van der Waals surface area (Å²) >= 11 is 0.830. The third-order valence-electron chi connectivity index (χ3n) is 5.92. The number of nitrogens with zero attached hydrogens (tertiary/aromatic N) is 1. The van der Waals surface area contributed by atoms with E-state index in [1.54, 1.807) is 0 Å². The Morgan fingerprint density at radius 2 is 2.17 bits per heavy atom. The summed E-state index contributed by atoms with van der Waals surface area (Å²) in [5.41, 5.74) is 2.59. The number of benzene rings is 1. The van der Waals surface area contributed by atoms with Crippen LogP contribution in [0.4, 0.5) is 10.5 Å². The number of aliphatic hydroxyl groups excluding tert-OH is 1. The lowest BCUT2D eigenvalue weighted by molar-refractivity contribution is -0.00244. The molecule has 162 valence electrons. The predicted octanol–water partition coefficient (Wildman–Crippen LogP) is 3.10. The zero-order valence-corrected chi connectivity index (χ0v) is 18.5. The van der Waals surface area contributed by atoms with Gasteiger partial charge in [0.15, 0.2) is 9.92 Å². The van der Waals surface area contributed by atoms with Crippen molar-refractivity contribution in [1.82, 2.24) is 9.71 Å². The van der Waals surface area contributed by atoms with Crippen LogP contribution in [-0.2, 0) is 28.4 Å². The van der Waals surface area contributed by atoms with Gasteiger partial charge in [0.2, 0.25) is 0 Å². The number of anilines is 1. The van der Waals surface area contributed by atoms with Gasteiger partial charge in [-0.05, 0) is 61.1 Å². The van der Waals surface area contributed by atoms with E-state index in [4.69, 9.17) is 4.78 Å². The quantitative estimate of drug-likeness (QED) is 0.442. The van der Waals surface area contributed by atoms with Gasteiger partial charge < -0.3 is 15.5 Å². The van der Waals surface area contributed by atoms with E-state index in [0.717, 1.165) is 41.0 Å². The Kier molecular flexibility index (Phi) is 5.38. The van der Waals surface area contributed by atoms with Crippen LogP contribution in [0.1, 0.15) is 54.3 Å². The van der Waals surface area contributed by atoms with E-state index in [-0.39, 0.29) is 9.22 Å². The van der Waals surface area contributed by atoms with Gasteiger partial charge in [0.25, 0.3) is 0 Å². The summed E-state index contributed by atoms with van der Waals surface area (Å²) in [5, 5.41) is 22.3. The fourth-order valence-electron chi connectivity index (χ4n) is 3.72. The van der Waals surface area contributed by atoms with Crippen LogP contribution >= 0.6 is 11.3 Å². The first-order chi connectivity index (χ1) is 14.1. The first-order valence-electron chi connectivity index (χ1n) is 9.94. The third kappa shape index (κ3) is 3.96. The Labute approximate surface area is 179 Å². The van der Waals surface area contributed by atoms with Gasteiger partial charge in [0, 0.05) is 5.69 Å². The van der Waals surface area contributed by atoms with Crippen LogP contribution in [0.15, 0.2) is 22.5 Å². The Morgan fingerprint density at radius 1 is 1.43 bits per heavy atom. The van der Waals surface area contributed by atoms with E-state index < -0.39 is 28.2 Å². The van der Waals surface area contributed by atoms with Crippen molar-refractivity contribution in [2.45, 2.75) is 55.3 Å². The molecule has 30 heavy (non-hydrogen) atoms. The highest BCUT2D eigenvalue weighted by Crippen LogP contribution is 2.46. The molecule has 0 radical (unpaired) electrons. The summed E-state index contributed by atoms with van der Waals surface area (Å²) < 4.78 is 23.3. The molecule has 0 spiro atoms. The smallest absolute Gasteiger partial charge is 0.331 e. The number of carbonyl (C=O) groups is 1. The Bertz CT molecular complexity index is 1090. The standard InChI is InChI=1S/C20H26N4O4S2/c1-11(12-3-4-12)14-7-5-13-6-8-15(13)17(14)23-19(26)24-30(21,28)16-9-22-18(29-16)20(2,27)10-25/h5,7,9,11-12,25,27H,3-4,6,8,10H2,1-2H3,(H3,21,23,24,26,28)/t11-,20?,30?/m1/s1. The second-order valence-electron chi connectivity index (χ2n) is 8.32. The normalized spacial score (nSPS) is 20.3. The molecule has 5 N–H and O–H groups in total. The SMILES string of the molecule is C[C@@H](c1ccc2c(c1NC(=O)NS(=N)(=O)c1cnc(C(C)(O)CO)s1)CC2)C1CC1. The molecule has 1 heterocycles. The van der Waals surface area contributed by atoms with E-state index in [1.165, 1.54) is 31.5 Å². The zero-order valence-electron chi connectivity index (χ0n) is 16.9. The second kappa shape index (κ2) is 7.60. The van der Waals surface area contributed by atoms with Crippen molar-refractivity contribution in [3.05, 3.63) is 40.0 Å². The Morgan fingerprint density at radius 3 is 2.77 bits per heavy atom. The molecule has 10 heteroatoms. The number of nitrogens with one attached hydrogen (secondary N) is 3. The van der Waals surface area contributed by atoms with Crippen molar-refractivity contribution in [1.29, 1.82) is 4.78 Å². The first kappa shape index (κ1) is 21.2. The summed E-state index contributed by atoms with van der Waals surface area (Å²) in [6.07, 6.45) is 5.44. The maximum atomic E-state index is 12.8. The largest absolute Gasteiger partial charge is 0.393 e. The highest BCUT2D eigenvalue weighted by molar-refractivity contribution is 7.93. The van der Waals surface area contributed by atoms with Gasteiger partial charge in [0.1, 0.15) is 14.8 Å². The van der Waals surface area contributed by atoms with Crippen LogP contribution in [0.3, 0.4) is 0 Å². The second-order valence-corrected chi connectivity index (χ2v) is 11.4. The average Bonchev–Trinajstić information content (AvgIpc) is 3.36. The minimum absolute atomic E-state index is 0.00835. The molecule has 1 aromatic carbocycles. The summed E-state index contributed by atoms with van der Waals surface area (Å²) in [6.45, 7) is 2.98. The summed E-state index contributed by atoms with van der Waals surface area (Å²) in [7, 11) is -3.67. The van der Waals surface area contributed by atoms with Gasteiger partial charge in [-0.1, -0.05) is 19.1 Å². The molecular weight excluding hydrogens is 424 g/mol. The fourth-order valence-corrected chi connectivity index (χ4v) is 5.85. The molecule has 0 bridgehead atoms. The van der Waals surface area contributed by atoms with E-state index in [0.29, 0.717) is 11.8 Å². The van der Waals surface area contributed by atoms with E-state index in [9.17, 15) is 19.2 Å². The van der Waals surface area contributed by atoms with Crippen molar-refractivity contribution in [2.75, 3.05) is 11.9 Å². The third-order valence-corrected chi connectivity index (χ3v) is 9.06. The van der Waals surface area contributed by atoms with E-state index >= 15 is 0 Å². The number of aromatic nitrogens is 1. The molecule has 0 aliphatic heterocycles. The molecule has 1 aromatic heterocycles. The van der Waals surface area contributed by atoms with Crippen molar-refractivity contribution in [3.63, 3.8) is 0 Å². The maximum absolute atomic E-state index is 12.8. The molecule has 3 atom stereocenters. The lowest BCUT2D eigenvalue weighted by atomic mass is 9.82. The monoisotopic (exact) mass is 450 g/mol. The number of rotatable bonds is 7. The van der Waals surface area contributed by atoms with Crippen molar-refractivity contribution >= 4 is 33.0 Å². The number of fused-ring (bicyclic) bond motifs is 1. The molecule has 4 rings (SSSR count).